The first-order valence-corrected chi connectivity index (χ1v) is 6.30. The van der Waals surface area contributed by atoms with E-state index in [0.717, 1.165) is 6.07 Å². The molecule has 0 radical (unpaired) electrons. The van der Waals surface area contributed by atoms with Gasteiger partial charge in [-0.05, 0) is 0 Å². The molecule has 0 aliphatic carbocycles. The summed E-state index contributed by atoms with van der Waals surface area (Å²) >= 11 is 0. The van der Waals surface area contributed by atoms with Crippen LogP contribution in [0, 0.1) is 10.1 Å². The minimum Gasteiger partial charge on any atom is -0.369 e. The van der Waals surface area contributed by atoms with Crippen molar-refractivity contribution in [1.29, 1.82) is 0 Å². The number of primary amides is 1. The number of hydrogen-bond donors (Lipinski definition) is 1. The van der Waals surface area contributed by atoms with Crippen LogP contribution in [0.25, 0.3) is 0 Å². The molecule has 1 amide bonds. The van der Waals surface area contributed by atoms with Gasteiger partial charge in [-0.2, -0.15) is 0 Å². The number of carbonyl (C=O) groups excluding carboxylic acids is 2. The summed E-state index contributed by atoms with van der Waals surface area (Å²) in [5.41, 5.74) is 4.70. The van der Waals surface area contributed by atoms with Gasteiger partial charge in [0.2, 0.25) is 5.91 Å². The van der Waals surface area contributed by atoms with Gasteiger partial charge in [-0.25, -0.2) is 0 Å². The lowest BCUT2D eigenvalue weighted by Gasteiger charge is -2.00. The Balaban J connectivity index is 2.78. The lowest BCUT2D eigenvalue weighted by molar-refractivity contribution is -0.384. The number of amides is 1. The van der Waals surface area contributed by atoms with E-state index in [1.807, 2.05) is 0 Å². The van der Waals surface area contributed by atoms with Crippen molar-refractivity contribution in [3.8, 4) is 0 Å². The summed E-state index contributed by atoms with van der Waals surface area (Å²) in [5, 5.41) is 10.5. The molecule has 0 aliphatic rings. The first-order chi connectivity index (χ1) is 8.40. The molecule has 0 saturated heterocycles. The Hall–Kier alpha value is -2.09. The summed E-state index contributed by atoms with van der Waals surface area (Å²) in [6, 6.07) is 5.10. The average Bonchev–Trinajstić information content (AvgIpc) is 2.27. The van der Waals surface area contributed by atoms with E-state index < -0.39 is 33.2 Å². The number of rotatable bonds is 6. The lowest BCUT2D eigenvalue weighted by atomic mass is 10.1. The molecule has 2 N–H and O–H groups in total. The number of ketones is 1. The first-order valence-electron chi connectivity index (χ1n) is 4.81. The Morgan fingerprint density at radius 2 is 2.00 bits per heavy atom. The summed E-state index contributed by atoms with van der Waals surface area (Å²) in [6.45, 7) is 0. The number of nitrogens with two attached hydrogens (primary N) is 1. The van der Waals surface area contributed by atoms with Crippen LogP contribution in [0.2, 0.25) is 0 Å². The highest BCUT2D eigenvalue weighted by atomic mass is 32.2. The predicted molar refractivity (Wildman–Crippen MR) is 64.5 cm³/mol. The molecular formula is C10H10N2O5S. The van der Waals surface area contributed by atoms with Crippen molar-refractivity contribution in [3.05, 3.63) is 39.9 Å². The lowest BCUT2D eigenvalue weighted by Crippen LogP contribution is -2.23. The van der Waals surface area contributed by atoms with Crippen LogP contribution in [0.4, 0.5) is 5.69 Å². The topological polar surface area (TPSA) is 120 Å². The van der Waals surface area contributed by atoms with Crippen LogP contribution in [-0.2, 0) is 15.6 Å². The highest BCUT2D eigenvalue weighted by Crippen LogP contribution is 2.13. The molecule has 1 aromatic rings. The van der Waals surface area contributed by atoms with Crippen LogP contribution in [0.5, 0.6) is 0 Å². The predicted octanol–water partition coefficient (Wildman–Crippen LogP) is 0.0115. The molecule has 0 aliphatic heterocycles. The van der Waals surface area contributed by atoms with Crippen LogP contribution in [-0.4, -0.2) is 32.3 Å². The van der Waals surface area contributed by atoms with E-state index in [1.165, 1.54) is 18.2 Å². The zero-order valence-corrected chi connectivity index (χ0v) is 10.0. The Bertz CT molecular complexity index is 529. The molecule has 0 fully saturated rings. The molecule has 0 spiro atoms. The fourth-order valence-corrected chi connectivity index (χ4v) is 2.11. The van der Waals surface area contributed by atoms with Gasteiger partial charge in [0.05, 0.1) is 10.7 Å². The highest BCUT2D eigenvalue weighted by molar-refractivity contribution is 7.86. The summed E-state index contributed by atoms with van der Waals surface area (Å²) < 4.78 is 11.3. The van der Waals surface area contributed by atoms with Crippen LogP contribution >= 0.6 is 0 Å². The van der Waals surface area contributed by atoms with Gasteiger partial charge in [0.25, 0.3) is 5.69 Å². The van der Waals surface area contributed by atoms with E-state index in [9.17, 15) is 23.9 Å². The Morgan fingerprint density at radius 3 is 2.56 bits per heavy atom. The molecule has 0 bridgehead atoms. The second kappa shape index (κ2) is 6.01. The highest BCUT2D eigenvalue weighted by Gasteiger charge is 2.15. The first kappa shape index (κ1) is 14.0. The third-order valence-corrected chi connectivity index (χ3v) is 3.16. The normalized spacial score (nSPS) is 11.8. The summed E-state index contributed by atoms with van der Waals surface area (Å²) in [7, 11) is -1.69. The number of nitro groups is 1. The maximum absolute atomic E-state index is 11.6. The van der Waals surface area contributed by atoms with Crippen molar-refractivity contribution in [2.24, 2.45) is 5.73 Å². The number of nitrogens with zero attached hydrogens (tertiary/aromatic N) is 1. The molecule has 1 atom stereocenters. The summed E-state index contributed by atoms with van der Waals surface area (Å²) in [4.78, 5) is 32.0. The molecule has 7 nitrogen and oxygen atoms in total. The molecule has 8 heteroatoms. The minimum absolute atomic E-state index is 0.0852. The van der Waals surface area contributed by atoms with E-state index >= 15 is 0 Å². The number of hydrogen-bond acceptors (Lipinski definition) is 5. The minimum atomic E-state index is -1.69. The van der Waals surface area contributed by atoms with Crippen LogP contribution in [0.3, 0.4) is 0 Å². The molecule has 1 aromatic carbocycles. The van der Waals surface area contributed by atoms with Crippen molar-refractivity contribution in [2.75, 3.05) is 11.5 Å². The fraction of sp³-hybridized carbons (Fsp3) is 0.200. The summed E-state index contributed by atoms with van der Waals surface area (Å²) in [6.07, 6.45) is 0. The van der Waals surface area contributed by atoms with E-state index in [1.54, 1.807) is 0 Å². The van der Waals surface area contributed by atoms with Crippen molar-refractivity contribution in [2.45, 2.75) is 0 Å². The average molecular weight is 270 g/mol. The largest absolute Gasteiger partial charge is 0.369 e. The van der Waals surface area contributed by atoms with Gasteiger partial charge in [0.1, 0.15) is 5.75 Å². The number of Topliss-reactive ketones (excluding diaryl/α,β-unsaturated/α-hetero) is 1. The molecule has 18 heavy (non-hydrogen) atoms. The third kappa shape index (κ3) is 4.06. The molecule has 0 saturated carbocycles. The van der Waals surface area contributed by atoms with Gasteiger partial charge < -0.3 is 5.73 Å². The van der Waals surface area contributed by atoms with E-state index in [-0.39, 0.29) is 17.0 Å². The second-order valence-corrected chi connectivity index (χ2v) is 4.88. The van der Waals surface area contributed by atoms with Gasteiger partial charge >= 0.3 is 0 Å². The van der Waals surface area contributed by atoms with E-state index in [2.05, 4.69) is 0 Å². The second-order valence-electron chi connectivity index (χ2n) is 3.43. The van der Waals surface area contributed by atoms with Gasteiger partial charge in [0, 0.05) is 28.5 Å². The fourth-order valence-electron chi connectivity index (χ4n) is 1.23. The van der Waals surface area contributed by atoms with Crippen molar-refractivity contribution < 1.29 is 18.7 Å². The number of benzene rings is 1. The Morgan fingerprint density at radius 1 is 1.33 bits per heavy atom. The van der Waals surface area contributed by atoms with Crippen LogP contribution < -0.4 is 5.73 Å². The van der Waals surface area contributed by atoms with Gasteiger partial charge in [-0.1, -0.05) is 12.1 Å². The number of non-ortho nitro benzene ring substituents is 1. The monoisotopic (exact) mass is 270 g/mol. The molecular weight excluding hydrogens is 260 g/mol. The zero-order valence-electron chi connectivity index (χ0n) is 9.20. The van der Waals surface area contributed by atoms with E-state index in [4.69, 9.17) is 5.73 Å². The van der Waals surface area contributed by atoms with Gasteiger partial charge in [-0.3, -0.25) is 23.9 Å². The number of nitro benzene ring substituents is 1. The van der Waals surface area contributed by atoms with Crippen LogP contribution in [0.1, 0.15) is 10.4 Å². The number of carbonyl (C=O) groups is 2. The van der Waals surface area contributed by atoms with Crippen molar-refractivity contribution >= 4 is 28.2 Å². The van der Waals surface area contributed by atoms with Gasteiger partial charge in [0.15, 0.2) is 5.78 Å². The standard InChI is InChI=1S/C10H10N2O5S/c11-10(14)6-18(17)5-9(13)7-2-1-3-8(4-7)12(15)16/h1-4H,5-6H2,(H2,11,14). The molecule has 1 rings (SSSR count). The van der Waals surface area contributed by atoms with Crippen molar-refractivity contribution in [3.63, 3.8) is 0 Å². The molecule has 0 aromatic heterocycles. The SMILES string of the molecule is NC(=O)CS(=O)CC(=O)c1cccc([N+](=O)[O-])c1. The van der Waals surface area contributed by atoms with Crippen LogP contribution in [0.15, 0.2) is 24.3 Å². The molecule has 0 heterocycles. The maximum Gasteiger partial charge on any atom is 0.270 e. The quantitative estimate of drug-likeness (QED) is 0.443. The van der Waals surface area contributed by atoms with Crippen molar-refractivity contribution in [1.82, 2.24) is 0 Å². The zero-order chi connectivity index (χ0) is 13.7. The van der Waals surface area contributed by atoms with E-state index in [0.29, 0.717) is 0 Å². The maximum atomic E-state index is 11.6. The molecule has 96 valence electrons. The summed E-state index contributed by atoms with van der Waals surface area (Å²) in [5.74, 6) is -2.08. The molecule has 1 unspecified atom stereocenters. The third-order valence-electron chi connectivity index (χ3n) is 1.97. The van der Waals surface area contributed by atoms with Gasteiger partial charge in [-0.15, -0.1) is 0 Å². The Labute approximate surface area is 105 Å². The Kier molecular flexibility index (Phi) is 4.67. The smallest absolute Gasteiger partial charge is 0.270 e.